The third kappa shape index (κ3) is 6.43. The third-order valence-corrected chi connectivity index (χ3v) is 8.78. The molecule has 0 aliphatic carbocycles. The van der Waals surface area contributed by atoms with Crippen LogP contribution in [0.4, 0.5) is 0 Å². The summed E-state index contributed by atoms with van der Waals surface area (Å²) < 4.78 is 6.33. The summed E-state index contributed by atoms with van der Waals surface area (Å²) in [6.07, 6.45) is 6.25. The van der Waals surface area contributed by atoms with E-state index < -0.39 is 0 Å². The van der Waals surface area contributed by atoms with E-state index in [-0.39, 0.29) is 0 Å². The lowest BCUT2D eigenvalue weighted by Gasteiger charge is -2.08. The summed E-state index contributed by atoms with van der Waals surface area (Å²) in [6.45, 7) is 2.06. The highest BCUT2D eigenvalue weighted by atomic mass is 16.3. The van der Waals surface area contributed by atoms with E-state index in [1.165, 1.54) is 22.3 Å². The summed E-state index contributed by atoms with van der Waals surface area (Å²) in [5.41, 5.74) is 10.6. The van der Waals surface area contributed by atoms with Gasteiger partial charge < -0.3 is 4.42 Å². The van der Waals surface area contributed by atoms with E-state index in [2.05, 4.69) is 97.9 Å². The maximum atomic E-state index is 6.33. The molecule has 0 N–H and O–H groups in total. The summed E-state index contributed by atoms with van der Waals surface area (Å²) in [6, 6.07) is 56.0. The number of rotatable bonds is 8. The Morgan fingerprint density at radius 1 is 0.480 bits per heavy atom. The normalized spacial score (nSPS) is 11.7. The molecule has 0 saturated carbocycles. The zero-order chi connectivity index (χ0) is 33.7. The van der Waals surface area contributed by atoms with Crippen LogP contribution in [0.3, 0.4) is 0 Å². The maximum absolute atomic E-state index is 6.33. The topological polar surface area (TPSA) is 51.8 Å². The van der Waals surface area contributed by atoms with Crippen molar-refractivity contribution >= 4 is 22.6 Å². The van der Waals surface area contributed by atoms with Crippen LogP contribution >= 0.6 is 0 Å². The van der Waals surface area contributed by atoms with Crippen LogP contribution in [0.2, 0.25) is 0 Å². The Morgan fingerprint density at radius 3 is 1.60 bits per heavy atom. The molecule has 50 heavy (non-hydrogen) atoms. The Balaban J connectivity index is 1.09. The minimum absolute atomic E-state index is 0.600. The first-order valence-corrected chi connectivity index (χ1v) is 16.7. The Labute approximate surface area is 291 Å². The minimum atomic E-state index is 0.600. The Kier molecular flexibility index (Phi) is 8.49. The van der Waals surface area contributed by atoms with Gasteiger partial charge in [0.15, 0.2) is 17.5 Å². The van der Waals surface area contributed by atoms with Crippen LogP contribution in [0.5, 0.6) is 0 Å². The molecule has 4 nitrogen and oxygen atoms in total. The van der Waals surface area contributed by atoms with Crippen molar-refractivity contribution in [2.45, 2.75) is 6.92 Å². The second kappa shape index (κ2) is 13.8. The third-order valence-electron chi connectivity index (χ3n) is 8.78. The first-order chi connectivity index (χ1) is 24.7. The van der Waals surface area contributed by atoms with Gasteiger partial charge in [0, 0.05) is 22.1 Å². The molecule has 6 aromatic carbocycles. The van der Waals surface area contributed by atoms with Gasteiger partial charge in [-0.3, -0.25) is 0 Å². The summed E-state index contributed by atoms with van der Waals surface area (Å²) in [5, 5.41) is 0.945. The van der Waals surface area contributed by atoms with Crippen molar-refractivity contribution in [1.82, 2.24) is 15.0 Å². The molecule has 0 radical (unpaired) electrons. The number of aromatic nitrogens is 3. The summed E-state index contributed by atoms with van der Waals surface area (Å²) >= 11 is 0. The molecule has 238 valence electrons. The largest absolute Gasteiger partial charge is 0.457 e. The van der Waals surface area contributed by atoms with E-state index >= 15 is 0 Å². The van der Waals surface area contributed by atoms with Gasteiger partial charge in [-0.05, 0) is 64.6 Å². The van der Waals surface area contributed by atoms with Crippen molar-refractivity contribution in [2.24, 2.45) is 0 Å². The average Bonchev–Trinajstić information content (AvgIpc) is 3.63. The Morgan fingerprint density at radius 2 is 1.00 bits per heavy atom. The van der Waals surface area contributed by atoms with E-state index in [1.54, 1.807) is 0 Å². The lowest BCUT2D eigenvalue weighted by Crippen LogP contribution is -2.00. The van der Waals surface area contributed by atoms with Gasteiger partial charge in [0.25, 0.3) is 0 Å². The molecule has 0 spiro atoms. The van der Waals surface area contributed by atoms with Gasteiger partial charge in [0.05, 0.1) is 0 Å². The van der Waals surface area contributed by atoms with Crippen LogP contribution in [0, 0.1) is 0 Å². The lowest BCUT2D eigenvalue weighted by atomic mass is 9.97. The van der Waals surface area contributed by atoms with Crippen LogP contribution in [0.1, 0.15) is 18.2 Å². The predicted molar refractivity (Wildman–Crippen MR) is 206 cm³/mol. The number of benzene rings is 6. The zero-order valence-electron chi connectivity index (χ0n) is 27.6. The monoisotopic (exact) mass is 643 g/mol. The zero-order valence-corrected chi connectivity index (χ0v) is 27.6. The molecule has 8 aromatic rings. The quantitative estimate of drug-likeness (QED) is 0.155. The highest BCUT2D eigenvalue weighted by molar-refractivity contribution is 5.94. The summed E-state index contributed by atoms with van der Waals surface area (Å²) in [7, 11) is 0. The van der Waals surface area contributed by atoms with Gasteiger partial charge >= 0.3 is 0 Å². The molecule has 0 aliphatic heterocycles. The average molecular weight is 644 g/mol. The molecule has 0 atom stereocenters. The molecule has 0 aliphatic rings. The van der Waals surface area contributed by atoms with Crippen LogP contribution < -0.4 is 0 Å². The van der Waals surface area contributed by atoms with E-state index in [4.69, 9.17) is 19.4 Å². The van der Waals surface area contributed by atoms with E-state index in [0.717, 1.165) is 44.6 Å². The van der Waals surface area contributed by atoms with E-state index in [1.807, 2.05) is 91.0 Å². The number of furan rings is 1. The maximum Gasteiger partial charge on any atom is 0.164 e. The lowest BCUT2D eigenvalue weighted by molar-refractivity contribution is 0.604. The molecule has 8 rings (SSSR count). The molecule has 0 unspecified atom stereocenters. The number of hydrogen-bond acceptors (Lipinski definition) is 4. The van der Waals surface area contributed by atoms with Crippen molar-refractivity contribution in [1.29, 1.82) is 0 Å². The molecular weight excluding hydrogens is 611 g/mol. The number of fused-ring (bicyclic) bond motifs is 1. The SMILES string of the molecule is C/C=C(\C=C/c1cc2c(-c3nc(-c4ccccc4)nc(-c4ccccc4)n3)cccc2o1)c1ccc(-c2cccc(-c3ccccc3)c2)cc1. The van der Waals surface area contributed by atoms with Gasteiger partial charge in [-0.2, -0.15) is 0 Å². The molecule has 2 heterocycles. The molecular formula is C46H33N3O. The molecule has 0 saturated heterocycles. The highest BCUT2D eigenvalue weighted by Gasteiger charge is 2.16. The fraction of sp³-hybridized carbons (Fsp3) is 0.0217. The van der Waals surface area contributed by atoms with E-state index in [0.29, 0.717) is 17.5 Å². The van der Waals surface area contributed by atoms with E-state index in [9.17, 15) is 0 Å². The van der Waals surface area contributed by atoms with Crippen LogP contribution in [-0.4, -0.2) is 15.0 Å². The summed E-state index contributed by atoms with van der Waals surface area (Å²) in [5.74, 6) is 2.61. The van der Waals surface area contributed by atoms with Crippen LogP contribution in [0.25, 0.3) is 79.0 Å². The van der Waals surface area contributed by atoms with Gasteiger partial charge in [0.1, 0.15) is 11.3 Å². The van der Waals surface area contributed by atoms with Crippen molar-refractivity contribution in [2.75, 3.05) is 0 Å². The standard InChI is InChI=1S/C46H33N3O/c1-2-32(34-24-26-35(27-25-34)39-21-12-20-38(30-39)33-14-6-3-7-15-33)28-29-40-31-42-41(22-13-23-43(42)50-40)46-48-44(36-16-8-4-9-17-36)47-45(49-46)37-18-10-5-11-19-37/h2-31H,1H3/b29-28-,32-2+. The second-order valence-corrected chi connectivity index (χ2v) is 12.0. The first kappa shape index (κ1) is 30.7. The molecule has 0 fully saturated rings. The van der Waals surface area contributed by atoms with Gasteiger partial charge in [-0.15, -0.1) is 0 Å². The van der Waals surface area contributed by atoms with Gasteiger partial charge in [0.2, 0.25) is 0 Å². The number of nitrogens with zero attached hydrogens (tertiary/aromatic N) is 3. The first-order valence-electron chi connectivity index (χ1n) is 16.7. The second-order valence-electron chi connectivity index (χ2n) is 12.0. The fourth-order valence-electron chi connectivity index (χ4n) is 6.18. The van der Waals surface area contributed by atoms with Gasteiger partial charge in [-0.1, -0.05) is 158 Å². The van der Waals surface area contributed by atoms with Gasteiger partial charge in [-0.25, -0.2) is 15.0 Å². The highest BCUT2D eigenvalue weighted by Crippen LogP contribution is 2.33. The molecule has 0 amide bonds. The van der Waals surface area contributed by atoms with Crippen molar-refractivity contribution in [3.05, 3.63) is 187 Å². The molecule has 2 aromatic heterocycles. The van der Waals surface area contributed by atoms with Crippen molar-refractivity contribution < 1.29 is 4.42 Å². The Hall–Kier alpha value is -6.65. The van der Waals surface area contributed by atoms with Crippen LogP contribution in [-0.2, 0) is 0 Å². The predicted octanol–water partition coefficient (Wildman–Crippen LogP) is 12.1. The van der Waals surface area contributed by atoms with Crippen molar-refractivity contribution in [3.8, 4) is 56.4 Å². The fourth-order valence-corrected chi connectivity index (χ4v) is 6.18. The summed E-state index contributed by atoms with van der Waals surface area (Å²) in [4.78, 5) is 14.7. The van der Waals surface area contributed by atoms with Crippen LogP contribution in [0.15, 0.2) is 180 Å². The number of allylic oxidation sites excluding steroid dienone is 3. The number of hydrogen-bond donors (Lipinski definition) is 0. The minimum Gasteiger partial charge on any atom is -0.457 e. The smallest absolute Gasteiger partial charge is 0.164 e. The molecule has 4 heteroatoms. The Bertz CT molecular complexity index is 2400. The van der Waals surface area contributed by atoms with Crippen molar-refractivity contribution in [3.63, 3.8) is 0 Å². The molecule has 0 bridgehead atoms.